The first-order chi connectivity index (χ1) is 25.3. The number of rotatable bonds is 9. The molecular weight excluding hydrogens is 689 g/mol. The van der Waals surface area contributed by atoms with Crippen molar-refractivity contribution in [2.45, 2.75) is 69.2 Å². The van der Waals surface area contributed by atoms with E-state index in [1.165, 1.54) is 0 Å². The van der Waals surface area contributed by atoms with Gasteiger partial charge in [-0.1, -0.05) is 43.3 Å². The van der Waals surface area contributed by atoms with Gasteiger partial charge in [0.1, 0.15) is 5.75 Å². The number of nitrogens with zero attached hydrogens (tertiary/aromatic N) is 2. The minimum Gasteiger partial charge on any atom is -0.497 e. The number of nitrogens with one attached hydrogen (secondary N) is 1. The Morgan fingerprint density at radius 3 is 2.45 bits per heavy atom. The monoisotopic (exact) mass is 734 g/mol. The number of carbonyl (C=O) groups excluding carboxylic acids is 3. The Morgan fingerprint density at radius 2 is 1.75 bits per heavy atom. The quantitative estimate of drug-likeness (QED) is 0.135. The number of anilines is 3. The summed E-state index contributed by atoms with van der Waals surface area (Å²) in [5, 5.41) is 13.2. The van der Waals surface area contributed by atoms with Crippen molar-refractivity contribution in [2.75, 3.05) is 29.7 Å². The van der Waals surface area contributed by atoms with Gasteiger partial charge in [-0.05, 0) is 90.8 Å². The maximum Gasteiger partial charge on any atom is 0.264 e. The van der Waals surface area contributed by atoms with Crippen molar-refractivity contribution in [3.8, 4) is 5.75 Å². The van der Waals surface area contributed by atoms with Crippen molar-refractivity contribution < 1.29 is 33.8 Å². The smallest absolute Gasteiger partial charge is 0.264 e. The SMILES string of the molecule is COc1ccc2c(c1)[C@]1(O[C@@H](CC(=O)N3Cc4ccccc4C[C@H]3CO)[C@H]([Si](C)(C)O)[C@H]1C)C(=O)N2Cc1cccc(NC(=O)c2ccc(N)cc2)c1. The summed E-state index contributed by atoms with van der Waals surface area (Å²) in [6.45, 7) is 5.96. The van der Waals surface area contributed by atoms with Gasteiger partial charge in [0.2, 0.25) is 5.91 Å². The first-order valence-electron chi connectivity index (χ1n) is 18.0. The lowest BCUT2D eigenvalue weighted by atomic mass is 9.82. The minimum atomic E-state index is -3.06. The summed E-state index contributed by atoms with van der Waals surface area (Å²) in [5.41, 5.74) is 9.62. The maximum atomic E-state index is 15.0. The van der Waals surface area contributed by atoms with Crippen LogP contribution in [0.1, 0.15) is 46.0 Å². The molecule has 5 N–H and O–H groups in total. The highest BCUT2D eigenvalue weighted by Gasteiger charge is 2.66. The van der Waals surface area contributed by atoms with Gasteiger partial charge >= 0.3 is 0 Å². The molecule has 3 amide bonds. The highest BCUT2D eigenvalue weighted by Crippen LogP contribution is 2.60. The summed E-state index contributed by atoms with van der Waals surface area (Å²) in [6, 6.07) is 27.0. The van der Waals surface area contributed by atoms with E-state index in [2.05, 4.69) is 5.32 Å². The Hall–Kier alpha value is -5.01. The Kier molecular flexibility index (Phi) is 9.66. The second-order valence-corrected chi connectivity index (χ2v) is 18.9. The van der Waals surface area contributed by atoms with Crippen molar-refractivity contribution in [2.24, 2.45) is 5.92 Å². The van der Waals surface area contributed by atoms with Crippen LogP contribution in [0.2, 0.25) is 18.6 Å². The molecule has 3 heterocycles. The average Bonchev–Trinajstić information content (AvgIpc) is 3.56. The van der Waals surface area contributed by atoms with Crippen molar-refractivity contribution in [1.82, 2.24) is 4.90 Å². The number of fused-ring (bicyclic) bond motifs is 3. The van der Waals surface area contributed by atoms with E-state index in [0.717, 1.165) is 16.7 Å². The molecule has 1 saturated heterocycles. The van der Waals surface area contributed by atoms with E-state index < -0.39 is 31.5 Å². The molecule has 3 aliphatic heterocycles. The number of carbonyl (C=O) groups is 3. The Balaban J connectivity index is 1.19. The normalized spacial score (nSPS) is 23.5. The van der Waals surface area contributed by atoms with Gasteiger partial charge in [-0.25, -0.2) is 0 Å². The van der Waals surface area contributed by atoms with E-state index in [-0.39, 0.29) is 43.3 Å². The van der Waals surface area contributed by atoms with Crippen LogP contribution in [0.5, 0.6) is 5.75 Å². The molecule has 5 atom stereocenters. The second kappa shape index (κ2) is 14.1. The molecule has 0 saturated carbocycles. The number of nitrogens with two attached hydrogens (primary N) is 1. The van der Waals surface area contributed by atoms with Crippen molar-refractivity contribution in [3.05, 3.63) is 119 Å². The lowest BCUT2D eigenvalue weighted by Crippen LogP contribution is -2.48. The zero-order valence-electron chi connectivity index (χ0n) is 30.4. The number of aliphatic hydroxyl groups is 1. The van der Waals surface area contributed by atoms with Crippen LogP contribution in [0.15, 0.2) is 91.0 Å². The fourth-order valence-corrected chi connectivity index (χ4v) is 11.2. The predicted octanol–water partition coefficient (Wildman–Crippen LogP) is 5.21. The number of nitrogen functional groups attached to an aromatic ring is 1. The molecule has 12 heteroatoms. The number of hydrogen-bond acceptors (Lipinski definition) is 8. The van der Waals surface area contributed by atoms with Crippen LogP contribution in [0, 0.1) is 5.92 Å². The molecule has 53 heavy (non-hydrogen) atoms. The van der Waals surface area contributed by atoms with Gasteiger partial charge in [0.05, 0.1) is 44.5 Å². The molecule has 0 unspecified atom stereocenters. The third-order valence-corrected chi connectivity index (χ3v) is 13.7. The molecule has 4 aromatic carbocycles. The number of methoxy groups -OCH3 is 1. The third-order valence-electron chi connectivity index (χ3n) is 11.2. The minimum absolute atomic E-state index is 0.0469. The van der Waals surface area contributed by atoms with Gasteiger partial charge in [-0.15, -0.1) is 0 Å². The fraction of sp³-hybridized carbons (Fsp3) is 0.341. The zero-order chi connectivity index (χ0) is 37.7. The molecule has 4 aromatic rings. The summed E-state index contributed by atoms with van der Waals surface area (Å²) >= 11 is 0. The van der Waals surface area contributed by atoms with Gasteiger partial charge in [0, 0.05) is 40.5 Å². The Labute approximate surface area is 310 Å². The third kappa shape index (κ3) is 6.61. The number of hydrogen-bond donors (Lipinski definition) is 4. The summed E-state index contributed by atoms with van der Waals surface area (Å²) in [4.78, 5) is 57.3. The van der Waals surface area contributed by atoms with Crippen molar-refractivity contribution >= 4 is 43.1 Å². The molecule has 276 valence electrons. The van der Waals surface area contributed by atoms with Crippen LogP contribution in [-0.2, 0) is 39.4 Å². The van der Waals surface area contributed by atoms with Crippen molar-refractivity contribution in [1.29, 1.82) is 0 Å². The number of ether oxygens (including phenoxy) is 2. The number of benzene rings is 4. The summed E-state index contributed by atoms with van der Waals surface area (Å²) in [7, 11) is -1.50. The van der Waals surface area contributed by atoms with Gasteiger partial charge in [0.15, 0.2) is 13.9 Å². The molecule has 7 rings (SSSR count). The molecule has 0 radical (unpaired) electrons. The van der Waals surface area contributed by atoms with E-state index >= 15 is 4.79 Å². The second-order valence-electron chi connectivity index (χ2n) is 14.9. The van der Waals surface area contributed by atoms with E-state index in [1.807, 2.05) is 74.6 Å². The summed E-state index contributed by atoms with van der Waals surface area (Å²) in [6.07, 6.45) is -0.259. The number of aliphatic hydroxyl groups excluding tert-OH is 1. The number of amides is 3. The standard InChI is InChI=1S/C41H46N4O7Si/c1-25-38(53(3,4)50)36(21-37(47)44-23-29-10-6-5-9-28(29)19-32(44)24-46)52-41(25)34-20-33(51-2)16-17-35(34)45(40(41)49)22-26-8-7-11-31(18-26)43-39(48)27-12-14-30(42)15-13-27/h5-18,20,25,32,36,38,46,50H,19,21-24,42H2,1-4H3,(H,43,48)/t25-,32+,36+,38-,41+/m1/s1. The highest BCUT2D eigenvalue weighted by atomic mass is 28.4. The fourth-order valence-electron chi connectivity index (χ4n) is 8.64. The molecule has 0 aromatic heterocycles. The van der Waals surface area contributed by atoms with Gasteiger partial charge in [0.25, 0.3) is 11.8 Å². The summed E-state index contributed by atoms with van der Waals surface area (Å²) < 4.78 is 12.6. The summed E-state index contributed by atoms with van der Waals surface area (Å²) in [5.74, 6) is -0.706. The van der Waals surface area contributed by atoms with Crippen LogP contribution in [0.25, 0.3) is 0 Å². The van der Waals surface area contributed by atoms with E-state index in [9.17, 15) is 19.5 Å². The average molecular weight is 735 g/mol. The Morgan fingerprint density at radius 1 is 1.02 bits per heavy atom. The molecule has 0 aliphatic carbocycles. The molecule has 0 bridgehead atoms. The van der Waals surface area contributed by atoms with Crippen LogP contribution in [0.4, 0.5) is 17.1 Å². The molecule has 1 spiro atoms. The topological polar surface area (TPSA) is 155 Å². The Bertz CT molecular complexity index is 2050. The molecular formula is C41H46N4O7Si. The lowest BCUT2D eigenvalue weighted by Gasteiger charge is -2.37. The first kappa shape index (κ1) is 36.3. The van der Waals surface area contributed by atoms with Crippen LogP contribution >= 0.6 is 0 Å². The first-order valence-corrected chi connectivity index (χ1v) is 21.0. The van der Waals surface area contributed by atoms with E-state index in [1.54, 1.807) is 53.3 Å². The maximum absolute atomic E-state index is 15.0. The van der Waals surface area contributed by atoms with Crippen LogP contribution < -0.4 is 20.7 Å². The highest BCUT2D eigenvalue weighted by molar-refractivity contribution is 6.71. The van der Waals surface area contributed by atoms with Crippen LogP contribution in [0.3, 0.4) is 0 Å². The van der Waals surface area contributed by atoms with Gasteiger partial charge in [-0.2, -0.15) is 0 Å². The van der Waals surface area contributed by atoms with Crippen molar-refractivity contribution in [3.63, 3.8) is 0 Å². The predicted molar refractivity (Wildman–Crippen MR) is 205 cm³/mol. The largest absolute Gasteiger partial charge is 0.497 e. The van der Waals surface area contributed by atoms with E-state index in [4.69, 9.17) is 15.2 Å². The van der Waals surface area contributed by atoms with E-state index in [0.29, 0.717) is 46.9 Å². The molecule has 3 aliphatic rings. The molecule has 11 nitrogen and oxygen atoms in total. The van der Waals surface area contributed by atoms with Gasteiger partial charge in [-0.3, -0.25) is 14.4 Å². The van der Waals surface area contributed by atoms with Crippen LogP contribution in [-0.4, -0.2) is 66.7 Å². The zero-order valence-corrected chi connectivity index (χ0v) is 31.4. The molecule has 1 fully saturated rings. The van der Waals surface area contributed by atoms with Gasteiger partial charge < -0.3 is 40.2 Å². The lowest BCUT2D eigenvalue weighted by molar-refractivity contribution is -0.151.